The average Bonchev–Trinajstić information content (AvgIpc) is 2.02. The summed E-state index contributed by atoms with van der Waals surface area (Å²) in [6.45, 7) is 0. The van der Waals surface area contributed by atoms with Gasteiger partial charge in [-0.05, 0) is 15.9 Å². The molecule has 0 radical (unpaired) electrons. The molecule has 0 saturated carbocycles. The second kappa shape index (κ2) is 3.69. The highest BCUT2D eigenvalue weighted by atomic mass is 79.9. The Kier molecular flexibility index (Phi) is 2.82. The van der Waals surface area contributed by atoms with Gasteiger partial charge in [-0.25, -0.2) is 0 Å². The first-order valence-corrected chi connectivity index (χ1v) is 4.03. The van der Waals surface area contributed by atoms with Crippen LogP contribution in [-0.2, 0) is 0 Å². The summed E-state index contributed by atoms with van der Waals surface area (Å²) < 4.78 is 17.8. The van der Waals surface area contributed by atoms with Gasteiger partial charge in [-0.15, -0.1) is 0 Å². The number of ether oxygens (including phenoxy) is 1. The van der Waals surface area contributed by atoms with E-state index < -0.39 is 16.4 Å². The third-order valence-electron chi connectivity index (χ3n) is 1.41. The molecular formula is C7H5BrFNO3. The van der Waals surface area contributed by atoms with E-state index in [2.05, 4.69) is 15.9 Å². The third kappa shape index (κ3) is 1.95. The molecule has 1 aromatic carbocycles. The lowest BCUT2D eigenvalue weighted by Crippen LogP contribution is -1.95. The van der Waals surface area contributed by atoms with Gasteiger partial charge in [0.15, 0.2) is 0 Å². The van der Waals surface area contributed by atoms with Gasteiger partial charge in [0.25, 0.3) is 0 Å². The number of methoxy groups -OCH3 is 1. The fourth-order valence-electron chi connectivity index (χ4n) is 0.835. The van der Waals surface area contributed by atoms with Crippen molar-refractivity contribution in [2.45, 2.75) is 0 Å². The van der Waals surface area contributed by atoms with Crippen LogP contribution in [0.4, 0.5) is 10.1 Å². The van der Waals surface area contributed by atoms with Crippen LogP contribution in [0.25, 0.3) is 0 Å². The summed E-state index contributed by atoms with van der Waals surface area (Å²) in [6, 6.07) is 2.30. The first kappa shape index (κ1) is 9.91. The van der Waals surface area contributed by atoms with E-state index in [0.717, 1.165) is 6.07 Å². The Labute approximate surface area is 81.6 Å². The molecular weight excluding hydrogens is 245 g/mol. The zero-order valence-corrected chi connectivity index (χ0v) is 8.17. The summed E-state index contributed by atoms with van der Waals surface area (Å²) in [6.07, 6.45) is 0. The van der Waals surface area contributed by atoms with Crippen molar-refractivity contribution in [2.75, 3.05) is 7.11 Å². The van der Waals surface area contributed by atoms with Gasteiger partial charge in [0.2, 0.25) is 5.82 Å². The summed E-state index contributed by atoms with van der Waals surface area (Å²) in [4.78, 5) is 9.54. The van der Waals surface area contributed by atoms with Crippen LogP contribution in [0.5, 0.6) is 5.75 Å². The Bertz CT molecular complexity index is 333. The number of hydrogen-bond donors (Lipinski definition) is 0. The molecule has 1 rings (SSSR count). The number of nitrogens with zero attached hydrogens (tertiary/aromatic N) is 1. The van der Waals surface area contributed by atoms with Crippen molar-refractivity contribution in [3.63, 3.8) is 0 Å². The van der Waals surface area contributed by atoms with Gasteiger partial charge in [-0.2, -0.15) is 4.39 Å². The van der Waals surface area contributed by atoms with Crippen molar-refractivity contribution in [1.29, 1.82) is 0 Å². The number of nitro groups is 1. The topological polar surface area (TPSA) is 52.4 Å². The van der Waals surface area contributed by atoms with E-state index in [-0.39, 0.29) is 10.2 Å². The van der Waals surface area contributed by atoms with E-state index in [1.807, 2.05) is 0 Å². The highest BCUT2D eigenvalue weighted by Crippen LogP contribution is 2.31. The maximum atomic E-state index is 13.0. The lowest BCUT2D eigenvalue weighted by molar-refractivity contribution is -0.388. The fraction of sp³-hybridized carbons (Fsp3) is 0.143. The second-order valence-electron chi connectivity index (χ2n) is 2.20. The highest BCUT2D eigenvalue weighted by molar-refractivity contribution is 9.10. The van der Waals surface area contributed by atoms with E-state index in [4.69, 9.17) is 4.74 Å². The van der Waals surface area contributed by atoms with Crippen molar-refractivity contribution in [3.05, 3.63) is 32.5 Å². The lowest BCUT2D eigenvalue weighted by Gasteiger charge is -2.01. The van der Waals surface area contributed by atoms with E-state index in [9.17, 15) is 14.5 Å². The van der Waals surface area contributed by atoms with Crippen LogP contribution in [0, 0.1) is 15.9 Å². The van der Waals surface area contributed by atoms with Crippen LogP contribution in [0.3, 0.4) is 0 Å². The maximum absolute atomic E-state index is 13.0. The second-order valence-corrected chi connectivity index (χ2v) is 3.05. The van der Waals surface area contributed by atoms with Crippen molar-refractivity contribution in [3.8, 4) is 5.75 Å². The van der Waals surface area contributed by atoms with Gasteiger partial charge in [0.05, 0.1) is 12.0 Å². The molecule has 0 heterocycles. The monoisotopic (exact) mass is 249 g/mol. The standard InChI is InChI=1S/C7H5BrFNO3/c1-13-4-2-5(8)7(10(11)12)6(9)3-4/h2-3H,1H3. The summed E-state index contributed by atoms with van der Waals surface area (Å²) in [5.41, 5.74) is -0.583. The molecule has 0 spiro atoms. The Balaban J connectivity index is 3.31. The molecule has 13 heavy (non-hydrogen) atoms. The van der Waals surface area contributed by atoms with Crippen LogP contribution >= 0.6 is 15.9 Å². The quantitative estimate of drug-likeness (QED) is 0.598. The molecule has 4 nitrogen and oxygen atoms in total. The van der Waals surface area contributed by atoms with Crippen LogP contribution in [0.2, 0.25) is 0 Å². The summed E-state index contributed by atoms with van der Waals surface area (Å²) in [5, 5.41) is 10.3. The molecule has 70 valence electrons. The first-order chi connectivity index (χ1) is 6.06. The van der Waals surface area contributed by atoms with Gasteiger partial charge in [0, 0.05) is 12.1 Å². The zero-order valence-electron chi connectivity index (χ0n) is 6.58. The third-order valence-corrected chi connectivity index (χ3v) is 2.01. The van der Waals surface area contributed by atoms with Crippen LogP contribution < -0.4 is 4.74 Å². The molecule has 0 fully saturated rings. The van der Waals surface area contributed by atoms with Crippen molar-refractivity contribution in [2.24, 2.45) is 0 Å². The summed E-state index contributed by atoms with van der Waals surface area (Å²) >= 11 is 2.88. The normalized spacial score (nSPS) is 9.77. The molecule has 0 aliphatic rings. The minimum absolute atomic E-state index is 0.0642. The van der Waals surface area contributed by atoms with Crippen LogP contribution in [-0.4, -0.2) is 12.0 Å². The van der Waals surface area contributed by atoms with E-state index in [0.29, 0.717) is 0 Å². The van der Waals surface area contributed by atoms with Gasteiger partial charge in [-0.1, -0.05) is 0 Å². The first-order valence-electron chi connectivity index (χ1n) is 3.23. The van der Waals surface area contributed by atoms with Crippen molar-refractivity contribution < 1.29 is 14.1 Å². The minimum atomic E-state index is -0.920. The predicted octanol–water partition coefficient (Wildman–Crippen LogP) is 2.51. The molecule has 0 aliphatic heterocycles. The molecule has 0 amide bonds. The number of nitro benzene ring substituents is 1. The van der Waals surface area contributed by atoms with Gasteiger partial charge in [-0.3, -0.25) is 10.1 Å². The van der Waals surface area contributed by atoms with Gasteiger partial charge >= 0.3 is 5.69 Å². The average molecular weight is 250 g/mol. The van der Waals surface area contributed by atoms with Gasteiger partial charge in [0.1, 0.15) is 10.2 Å². The van der Waals surface area contributed by atoms with Crippen molar-refractivity contribution in [1.82, 2.24) is 0 Å². The molecule has 0 aliphatic carbocycles. The van der Waals surface area contributed by atoms with E-state index in [1.165, 1.54) is 13.2 Å². The molecule has 0 N–H and O–H groups in total. The number of hydrogen-bond acceptors (Lipinski definition) is 3. The largest absolute Gasteiger partial charge is 0.497 e. The number of benzene rings is 1. The smallest absolute Gasteiger partial charge is 0.319 e. The molecule has 0 aromatic heterocycles. The highest BCUT2D eigenvalue weighted by Gasteiger charge is 2.19. The zero-order chi connectivity index (χ0) is 10.0. The maximum Gasteiger partial charge on any atom is 0.319 e. The molecule has 0 atom stereocenters. The van der Waals surface area contributed by atoms with Crippen LogP contribution in [0.15, 0.2) is 16.6 Å². The van der Waals surface area contributed by atoms with Crippen molar-refractivity contribution >= 4 is 21.6 Å². The SMILES string of the molecule is COc1cc(F)c([N+](=O)[O-])c(Br)c1. The summed E-state index contributed by atoms with van der Waals surface area (Å²) in [7, 11) is 1.35. The Morgan fingerprint density at radius 2 is 2.23 bits per heavy atom. The molecule has 6 heteroatoms. The summed E-state index contributed by atoms with van der Waals surface area (Å²) in [5.74, 6) is -0.689. The molecule has 0 saturated heterocycles. The fourth-order valence-corrected chi connectivity index (χ4v) is 1.39. The number of rotatable bonds is 2. The molecule has 0 unspecified atom stereocenters. The molecule has 0 bridgehead atoms. The lowest BCUT2D eigenvalue weighted by atomic mass is 10.3. The van der Waals surface area contributed by atoms with E-state index in [1.54, 1.807) is 0 Å². The Morgan fingerprint density at radius 3 is 2.62 bits per heavy atom. The van der Waals surface area contributed by atoms with E-state index >= 15 is 0 Å². The van der Waals surface area contributed by atoms with Gasteiger partial charge < -0.3 is 4.74 Å². The minimum Gasteiger partial charge on any atom is -0.497 e. The predicted molar refractivity (Wildman–Crippen MR) is 47.3 cm³/mol. The molecule has 1 aromatic rings. The van der Waals surface area contributed by atoms with Crippen LogP contribution in [0.1, 0.15) is 0 Å². The number of halogens is 2. The Hall–Kier alpha value is -1.17. The Morgan fingerprint density at radius 1 is 1.62 bits per heavy atom.